The minimum absolute atomic E-state index is 0.145. The molecule has 0 spiro atoms. The second kappa shape index (κ2) is 7.78. The van der Waals surface area contributed by atoms with Crippen LogP contribution in [0.25, 0.3) is 11.1 Å². The van der Waals surface area contributed by atoms with E-state index in [4.69, 9.17) is 9.47 Å². The van der Waals surface area contributed by atoms with Gasteiger partial charge < -0.3 is 9.47 Å². The lowest BCUT2D eigenvalue weighted by Crippen LogP contribution is -2.09. The Morgan fingerprint density at radius 3 is 1.96 bits per heavy atom. The van der Waals surface area contributed by atoms with Gasteiger partial charge in [-0.05, 0) is 50.6 Å². The van der Waals surface area contributed by atoms with Gasteiger partial charge in [-0.2, -0.15) is 0 Å². The molecule has 0 aromatic heterocycles. The molecule has 0 fully saturated rings. The smallest absolute Gasteiger partial charge is 0.338 e. The number of halogens is 1. The number of benzene rings is 2. The molecule has 0 atom stereocenters. The second-order valence-corrected chi connectivity index (χ2v) is 5.91. The summed E-state index contributed by atoms with van der Waals surface area (Å²) in [6.07, 6.45) is 0. The summed E-state index contributed by atoms with van der Waals surface area (Å²) in [7, 11) is 0. The number of esters is 2. The molecular formula is C21H19FO4. The molecule has 0 saturated heterocycles. The molecule has 26 heavy (non-hydrogen) atoms. The Bertz CT molecular complexity index is 895. The third-order valence-electron chi connectivity index (χ3n) is 3.61. The van der Waals surface area contributed by atoms with E-state index >= 15 is 0 Å². The fourth-order valence-electron chi connectivity index (χ4n) is 2.08. The first kappa shape index (κ1) is 19.1. The molecule has 0 aliphatic carbocycles. The van der Waals surface area contributed by atoms with Crippen molar-refractivity contribution in [3.8, 4) is 22.6 Å². The lowest BCUT2D eigenvalue weighted by molar-refractivity contribution is -0.131. The molecule has 2 rings (SSSR count). The first-order chi connectivity index (χ1) is 12.2. The molecule has 0 aliphatic heterocycles. The normalized spacial score (nSPS) is 10.2. The predicted octanol–water partition coefficient (Wildman–Crippen LogP) is 4.76. The van der Waals surface area contributed by atoms with Crippen molar-refractivity contribution >= 4 is 11.9 Å². The first-order valence-corrected chi connectivity index (χ1v) is 7.85. The van der Waals surface area contributed by atoms with Gasteiger partial charge in [-0.15, -0.1) is 0 Å². The lowest BCUT2D eigenvalue weighted by Gasteiger charge is -2.12. The SMILES string of the molecule is C=C(C)C(=O)Oc1ccc(-c2ccc(OC(=O)C(=C)C)c(C)c2F)cc1. The molecular weight excluding hydrogens is 335 g/mol. The molecule has 5 heteroatoms. The van der Waals surface area contributed by atoms with Crippen LogP contribution >= 0.6 is 0 Å². The Morgan fingerprint density at radius 1 is 0.885 bits per heavy atom. The number of ether oxygens (including phenoxy) is 2. The highest BCUT2D eigenvalue weighted by atomic mass is 19.1. The minimum Gasteiger partial charge on any atom is -0.423 e. The third-order valence-corrected chi connectivity index (χ3v) is 3.61. The summed E-state index contributed by atoms with van der Waals surface area (Å²) >= 11 is 0. The zero-order valence-corrected chi connectivity index (χ0v) is 14.9. The number of rotatable bonds is 5. The van der Waals surface area contributed by atoms with Crippen LogP contribution in [-0.4, -0.2) is 11.9 Å². The summed E-state index contributed by atoms with van der Waals surface area (Å²) in [5.41, 5.74) is 1.67. The van der Waals surface area contributed by atoms with Crippen LogP contribution in [0.15, 0.2) is 60.7 Å². The van der Waals surface area contributed by atoms with E-state index in [9.17, 15) is 14.0 Å². The van der Waals surface area contributed by atoms with Crippen LogP contribution in [-0.2, 0) is 9.59 Å². The van der Waals surface area contributed by atoms with E-state index in [0.29, 0.717) is 16.9 Å². The summed E-state index contributed by atoms with van der Waals surface area (Å²) in [4.78, 5) is 23.1. The van der Waals surface area contributed by atoms with Crippen LogP contribution < -0.4 is 9.47 Å². The number of hydrogen-bond acceptors (Lipinski definition) is 4. The maximum atomic E-state index is 14.7. The molecule has 4 nitrogen and oxygen atoms in total. The van der Waals surface area contributed by atoms with Crippen LogP contribution in [0.5, 0.6) is 11.5 Å². The highest BCUT2D eigenvalue weighted by Gasteiger charge is 2.15. The van der Waals surface area contributed by atoms with Gasteiger partial charge in [-0.3, -0.25) is 0 Å². The summed E-state index contributed by atoms with van der Waals surface area (Å²) in [6, 6.07) is 9.47. The van der Waals surface area contributed by atoms with Crippen LogP contribution in [0.4, 0.5) is 4.39 Å². The number of carbonyl (C=O) groups is 2. The molecule has 0 radical (unpaired) electrons. The van der Waals surface area contributed by atoms with Crippen LogP contribution in [0.1, 0.15) is 19.4 Å². The molecule has 0 amide bonds. The fraction of sp³-hybridized carbons (Fsp3) is 0.143. The predicted molar refractivity (Wildman–Crippen MR) is 97.5 cm³/mol. The maximum Gasteiger partial charge on any atom is 0.338 e. The molecule has 0 bridgehead atoms. The molecule has 0 aliphatic rings. The van der Waals surface area contributed by atoms with Crippen molar-refractivity contribution in [2.45, 2.75) is 20.8 Å². The molecule has 2 aromatic rings. The third kappa shape index (κ3) is 4.25. The molecule has 0 saturated carbocycles. The van der Waals surface area contributed by atoms with Crippen molar-refractivity contribution < 1.29 is 23.5 Å². The zero-order valence-electron chi connectivity index (χ0n) is 14.9. The van der Waals surface area contributed by atoms with E-state index in [1.54, 1.807) is 31.2 Å². The number of carbonyl (C=O) groups excluding carboxylic acids is 2. The van der Waals surface area contributed by atoms with Crippen molar-refractivity contribution in [3.63, 3.8) is 0 Å². The summed E-state index contributed by atoms with van der Waals surface area (Å²) < 4.78 is 24.9. The van der Waals surface area contributed by atoms with Crippen LogP contribution in [0, 0.1) is 12.7 Å². The molecule has 0 N–H and O–H groups in total. The molecule has 0 heterocycles. The van der Waals surface area contributed by atoms with Gasteiger partial charge in [0.1, 0.15) is 17.3 Å². The van der Waals surface area contributed by atoms with Gasteiger partial charge in [-0.25, -0.2) is 14.0 Å². The van der Waals surface area contributed by atoms with E-state index in [0.717, 1.165) is 0 Å². The Kier molecular flexibility index (Phi) is 5.72. The van der Waals surface area contributed by atoms with Gasteiger partial charge in [-0.1, -0.05) is 25.3 Å². The fourth-order valence-corrected chi connectivity index (χ4v) is 2.08. The monoisotopic (exact) mass is 354 g/mol. The Balaban J connectivity index is 2.27. The van der Waals surface area contributed by atoms with Gasteiger partial charge in [0.2, 0.25) is 0 Å². The standard InChI is InChI=1S/C21H19FO4/c1-12(2)20(23)25-16-8-6-15(7-9-16)17-10-11-18(14(5)19(17)22)26-21(24)13(3)4/h6-11H,1,3H2,2,4-5H3. The van der Waals surface area contributed by atoms with Crippen molar-refractivity contribution in [2.75, 3.05) is 0 Å². The Hall–Kier alpha value is -3.21. The van der Waals surface area contributed by atoms with Gasteiger partial charge in [0, 0.05) is 22.3 Å². The minimum atomic E-state index is -0.607. The average Bonchev–Trinajstić information content (AvgIpc) is 2.59. The van der Waals surface area contributed by atoms with Gasteiger partial charge in [0.25, 0.3) is 0 Å². The van der Waals surface area contributed by atoms with Crippen molar-refractivity contribution in [2.24, 2.45) is 0 Å². The summed E-state index contributed by atoms with van der Waals surface area (Å²) in [5.74, 6) is -1.15. The zero-order chi connectivity index (χ0) is 19.4. The largest absolute Gasteiger partial charge is 0.423 e. The number of hydrogen-bond donors (Lipinski definition) is 0. The average molecular weight is 354 g/mol. The first-order valence-electron chi connectivity index (χ1n) is 7.85. The molecule has 2 aromatic carbocycles. The quantitative estimate of drug-likeness (QED) is 0.441. The lowest BCUT2D eigenvalue weighted by atomic mass is 10.0. The van der Waals surface area contributed by atoms with Crippen molar-refractivity contribution in [1.29, 1.82) is 0 Å². The maximum absolute atomic E-state index is 14.7. The highest BCUT2D eigenvalue weighted by molar-refractivity contribution is 5.89. The van der Waals surface area contributed by atoms with Gasteiger partial charge in [0.15, 0.2) is 0 Å². The van der Waals surface area contributed by atoms with Crippen molar-refractivity contribution in [3.05, 3.63) is 72.1 Å². The van der Waals surface area contributed by atoms with Crippen LogP contribution in [0.2, 0.25) is 0 Å². The summed E-state index contributed by atoms with van der Waals surface area (Å²) in [5, 5.41) is 0. The Labute approximate surface area is 151 Å². The van der Waals surface area contributed by atoms with E-state index in [1.807, 2.05) is 0 Å². The van der Waals surface area contributed by atoms with Crippen molar-refractivity contribution in [1.82, 2.24) is 0 Å². The topological polar surface area (TPSA) is 52.6 Å². The second-order valence-electron chi connectivity index (χ2n) is 5.91. The van der Waals surface area contributed by atoms with E-state index in [2.05, 4.69) is 13.2 Å². The van der Waals surface area contributed by atoms with E-state index in [-0.39, 0.29) is 22.5 Å². The summed E-state index contributed by atoms with van der Waals surface area (Å²) in [6.45, 7) is 11.6. The van der Waals surface area contributed by atoms with Crippen LogP contribution in [0.3, 0.4) is 0 Å². The molecule has 0 unspecified atom stereocenters. The Morgan fingerprint density at radius 2 is 1.42 bits per heavy atom. The molecule has 134 valence electrons. The highest BCUT2D eigenvalue weighted by Crippen LogP contribution is 2.31. The van der Waals surface area contributed by atoms with Gasteiger partial charge >= 0.3 is 11.9 Å². The van der Waals surface area contributed by atoms with E-state index < -0.39 is 17.8 Å². The van der Waals surface area contributed by atoms with Gasteiger partial charge in [0.05, 0.1) is 0 Å². The van der Waals surface area contributed by atoms with E-state index in [1.165, 1.54) is 26.0 Å².